The Morgan fingerprint density at radius 1 is 0.923 bits per heavy atom. The lowest BCUT2D eigenvalue weighted by Gasteiger charge is -2.02. The summed E-state index contributed by atoms with van der Waals surface area (Å²) in [6.07, 6.45) is 14.1. The van der Waals surface area contributed by atoms with E-state index in [0.29, 0.717) is 0 Å². The maximum absolute atomic E-state index is 2.32. The summed E-state index contributed by atoms with van der Waals surface area (Å²) in [6, 6.07) is 0. The molecule has 0 amide bonds. The summed E-state index contributed by atoms with van der Waals surface area (Å²) < 4.78 is 0. The van der Waals surface area contributed by atoms with Crippen molar-refractivity contribution < 1.29 is 0 Å². The molecule has 0 atom stereocenters. The molecule has 0 radical (unpaired) electrons. The molecule has 0 aliphatic carbocycles. The van der Waals surface area contributed by atoms with Crippen LogP contribution in [0, 0.1) is 5.92 Å². The van der Waals surface area contributed by atoms with E-state index in [1.54, 1.807) is 0 Å². The molecular formula is C13H26. The first-order chi connectivity index (χ1) is 6.27. The van der Waals surface area contributed by atoms with Gasteiger partial charge in [-0.1, -0.05) is 58.6 Å². The number of hydrogen-bond donors (Lipinski definition) is 0. The normalized spacial score (nSPS) is 11.7. The second-order valence-electron chi connectivity index (χ2n) is 4.27. The van der Waals surface area contributed by atoms with E-state index < -0.39 is 0 Å². The second-order valence-corrected chi connectivity index (χ2v) is 4.27. The molecule has 0 aromatic heterocycles. The topological polar surface area (TPSA) is 0 Å². The zero-order valence-electron chi connectivity index (χ0n) is 9.68. The lowest BCUT2D eigenvalue weighted by molar-refractivity contribution is 0.521. The molecule has 0 heteroatoms. The summed E-state index contributed by atoms with van der Waals surface area (Å²) in [5.74, 6) is 0.889. The van der Waals surface area contributed by atoms with Crippen LogP contribution in [0.5, 0.6) is 0 Å². The van der Waals surface area contributed by atoms with Crippen LogP contribution in [0.4, 0.5) is 0 Å². The van der Waals surface area contributed by atoms with Gasteiger partial charge in [-0.2, -0.15) is 0 Å². The molecule has 0 nitrogen and oxygen atoms in total. The maximum atomic E-state index is 2.32. The first kappa shape index (κ1) is 12.7. The van der Waals surface area contributed by atoms with E-state index in [2.05, 4.69) is 32.9 Å². The van der Waals surface area contributed by atoms with Gasteiger partial charge >= 0.3 is 0 Å². The first-order valence-corrected chi connectivity index (χ1v) is 5.92. The van der Waals surface area contributed by atoms with Gasteiger partial charge in [0.1, 0.15) is 0 Å². The third kappa shape index (κ3) is 11.7. The fourth-order valence-electron chi connectivity index (χ4n) is 1.45. The summed E-state index contributed by atoms with van der Waals surface area (Å²) in [5.41, 5.74) is 0. The molecule has 78 valence electrons. The Hall–Kier alpha value is -0.260. The molecule has 0 aromatic carbocycles. The van der Waals surface area contributed by atoms with E-state index in [1.807, 2.05) is 0 Å². The summed E-state index contributed by atoms with van der Waals surface area (Å²) in [5, 5.41) is 0. The Labute approximate surface area is 84.4 Å². The fourth-order valence-corrected chi connectivity index (χ4v) is 1.45. The van der Waals surface area contributed by atoms with Crippen LogP contribution < -0.4 is 0 Å². The predicted octanol–water partition coefficient (Wildman–Crippen LogP) is 4.95. The highest BCUT2D eigenvalue weighted by Crippen LogP contribution is 2.10. The highest BCUT2D eigenvalue weighted by Gasteiger charge is 1.93. The Balaban J connectivity index is 2.95. The van der Waals surface area contributed by atoms with E-state index in [-0.39, 0.29) is 0 Å². The summed E-state index contributed by atoms with van der Waals surface area (Å²) in [4.78, 5) is 0. The van der Waals surface area contributed by atoms with Crippen LogP contribution >= 0.6 is 0 Å². The quantitative estimate of drug-likeness (QED) is 0.368. The van der Waals surface area contributed by atoms with Gasteiger partial charge in [0.15, 0.2) is 0 Å². The van der Waals surface area contributed by atoms with Gasteiger partial charge in [0, 0.05) is 0 Å². The standard InChI is InChI=1S/C13H26/c1-4-5-6-7-8-9-10-11-12-13(2)3/h5-6,13H,4,7-12H2,1-3H3/b6-5-. The van der Waals surface area contributed by atoms with E-state index in [1.165, 1.54) is 44.9 Å². The van der Waals surface area contributed by atoms with Crippen LogP contribution in [0.3, 0.4) is 0 Å². The van der Waals surface area contributed by atoms with Crippen molar-refractivity contribution in [3.8, 4) is 0 Å². The fraction of sp³-hybridized carbons (Fsp3) is 0.846. The van der Waals surface area contributed by atoms with Crippen molar-refractivity contribution in [2.24, 2.45) is 5.92 Å². The minimum absolute atomic E-state index is 0.889. The van der Waals surface area contributed by atoms with Crippen molar-refractivity contribution >= 4 is 0 Å². The molecule has 0 N–H and O–H groups in total. The highest BCUT2D eigenvalue weighted by molar-refractivity contribution is 4.79. The van der Waals surface area contributed by atoms with Gasteiger partial charge in [0.2, 0.25) is 0 Å². The number of rotatable bonds is 8. The maximum Gasteiger partial charge on any atom is -0.0351 e. The number of allylic oxidation sites excluding steroid dienone is 2. The van der Waals surface area contributed by atoms with Gasteiger partial charge in [-0.25, -0.2) is 0 Å². The Morgan fingerprint density at radius 3 is 2.23 bits per heavy atom. The molecule has 0 bridgehead atoms. The summed E-state index contributed by atoms with van der Waals surface area (Å²) >= 11 is 0. The van der Waals surface area contributed by atoms with E-state index in [4.69, 9.17) is 0 Å². The molecule has 0 unspecified atom stereocenters. The molecule has 0 heterocycles. The van der Waals surface area contributed by atoms with Crippen molar-refractivity contribution in [1.82, 2.24) is 0 Å². The number of hydrogen-bond acceptors (Lipinski definition) is 0. The minimum Gasteiger partial charge on any atom is -0.0888 e. The van der Waals surface area contributed by atoms with Gasteiger partial charge in [-0.15, -0.1) is 0 Å². The lowest BCUT2D eigenvalue weighted by Crippen LogP contribution is -1.86. The molecule has 0 aliphatic heterocycles. The van der Waals surface area contributed by atoms with Crippen molar-refractivity contribution in [3.63, 3.8) is 0 Å². The third-order valence-corrected chi connectivity index (χ3v) is 2.30. The predicted molar refractivity (Wildman–Crippen MR) is 62.0 cm³/mol. The average Bonchev–Trinajstić information content (AvgIpc) is 2.09. The molecular weight excluding hydrogens is 156 g/mol. The first-order valence-electron chi connectivity index (χ1n) is 5.92. The molecule has 13 heavy (non-hydrogen) atoms. The van der Waals surface area contributed by atoms with Crippen LogP contribution in [0.2, 0.25) is 0 Å². The lowest BCUT2D eigenvalue weighted by atomic mass is 10.0. The molecule has 0 aliphatic rings. The van der Waals surface area contributed by atoms with Crippen molar-refractivity contribution in [3.05, 3.63) is 12.2 Å². The van der Waals surface area contributed by atoms with E-state index in [0.717, 1.165) is 5.92 Å². The Kier molecular flexibility index (Phi) is 9.63. The zero-order chi connectivity index (χ0) is 9.94. The van der Waals surface area contributed by atoms with E-state index >= 15 is 0 Å². The molecule has 0 fully saturated rings. The van der Waals surface area contributed by atoms with Crippen molar-refractivity contribution in [1.29, 1.82) is 0 Å². The Bertz CT molecular complexity index is 111. The van der Waals surface area contributed by atoms with Gasteiger partial charge in [-0.3, -0.25) is 0 Å². The van der Waals surface area contributed by atoms with Crippen molar-refractivity contribution in [2.45, 2.75) is 65.7 Å². The molecule has 0 spiro atoms. The highest BCUT2D eigenvalue weighted by atomic mass is 14.0. The monoisotopic (exact) mass is 182 g/mol. The second kappa shape index (κ2) is 9.83. The summed E-state index contributed by atoms with van der Waals surface area (Å²) in [6.45, 7) is 6.81. The van der Waals surface area contributed by atoms with Gasteiger partial charge in [0.25, 0.3) is 0 Å². The largest absolute Gasteiger partial charge is 0.0888 e. The van der Waals surface area contributed by atoms with Crippen LogP contribution in [0.25, 0.3) is 0 Å². The third-order valence-electron chi connectivity index (χ3n) is 2.30. The minimum atomic E-state index is 0.889. The van der Waals surface area contributed by atoms with E-state index in [9.17, 15) is 0 Å². The van der Waals surface area contributed by atoms with Crippen LogP contribution in [-0.2, 0) is 0 Å². The van der Waals surface area contributed by atoms with Gasteiger partial charge in [-0.05, 0) is 25.2 Å². The summed E-state index contributed by atoms with van der Waals surface area (Å²) in [7, 11) is 0. The van der Waals surface area contributed by atoms with Crippen LogP contribution in [-0.4, -0.2) is 0 Å². The van der Waals surface area contributed by atoms with Gasteiger partial charge in [0.05, 0.1) is 0 Å². The zero-order valence-corrected chi connectivity index (χ0v) is 9.68. The SMILES string of the molecule is CC/C=C\CCCCCCC(C)C. The molecule has 0 aromatic rings. The van der Waals surface area contributed by atoms with Crippen LogP contribution in [0.1, 0.15) is 65.7 Å². The van der Waals surface area contributed by atoms with Gasteiger partial charge < -0.3 is 0 Å². The Morgan fingerprint density at radius 2 is 1.62 bits per heavy atom. The average molecular weight is 182 g/mol. The van der Waals surface area contributed by atoms with Crippen molar-refractivity contribution in [2.75, 3.05) is 0 Å². The molecule has 0 saturated carbocycles. The smallest absolute Gasteiger partial charge is 0.0351 e. The van der Waals surface area contributed by atoms with Crippen LogP contribution in [0.15, 0.2) is 12.2 Å². The number of unbranched alkanes of at least 4 members (excludes halogenated alkanes) is 4. The molecule has 0 rings (SSSR count). The molecule has 0 saturated heterocycles.